The second kappa shape index (κ2) is 6.04. The summed E-state index contributed by atoms with van der Waals surface area (Å²) < 4.78 is 5.85. The van der Waals surface area contributed by atoms with Crippen LogP contribution in [0.5, 0.6) is 11.6 Å². The van der Waals surface area contributed by atoms with Gasteiger partial charge in [-0.2, -0.15) is 0 Å². The third kappa shape index (κ3) is 3.74. The van der Waals surface area contributed by atoms with Gasteiger partial charge >= 0.3 is 0 Å². The Morgan fingerprint density at radius 1 is 1.24 bits per heavy atom. The minimum absolute atomic E-state index is 0.645. The molecule has 110 valence electrons. The minimum atomic E-state index is 0.645. The van der Waals surface area contributed by atoms with E-state index in [-0.39, 0.29) is 0 Å². The highest BCUT2D eigenvalue weighted by molar-refractivity contribution is 6.31. The average molecular weight is 303 g/mol. The number of hydrogen-bond donors (Lipinski definition) is 1. The Hall–Kier alpha value is -1.58. The van der Waals surface area contributed by atoms with E-state index >= 15 is 0 Å². The quantitative estimate of drug-likeness (QED) is 0.889. The fourth-order valence-corrected chi connectivity index (χ4v) is 2.28. The largest absolute Gasteiger partial charge is 0.439 e. The van der Waals surface area contributed by atoms with Gasteiger partial charge in [-0.05, 0) is 62.1 Å². The number of nitrogens with one attached hydrogen (secondary N) is 1. The third-order valence-electron chi connectivity index (χ3n) is 3.60. The predicted molar refractivity (Wildman–Crippen MR) is 85.1 cm³/mol. The molecule has 3 rings (SSSR count). The van der Waals surface area contributed by atoms with E-state index in [0.29, 0.717) is 11.9 Å². The molecular formula is C17H19ClN2O. The molecule has 0 atom stereocenters. The number of hydrogen-bond acceptors (Lipinski definition) is 3. The lowest BCUT2D eigenvalue weighted by Crippen LogP contribution is -2.15. The molecule has 1 aliphatic rings. The van der Waals surface area contributed by atoms with Crippen molar-refractivity contribution >= 4 is 11.6 Å². The lowest BCUT2D eigenvalue weighted by Gasteiger charge is -2.10. The smallest absolute Gasteiger partial charge is 0.222 e. The van der Waals surface area contributed by atoms with Gasteiger partial charge in [0.15, 0.2) is 0 Å². The summed E-state index contributed by atoms with van der Waals surface area (Å²) in [5.41, 5.74) is 3.23. The number of pyridine rings is 1. The van der Waals surface area contributed by atoms with E-state index in [1.165, 1.54) is 18.4 Å². The van der Waals surface area contributed by atoms with E-state index in [2.05, 4.69) is 16.4 Å². The lowest BCUT2D eigenvalue weighted by molar-refractivity contribution is 0.458. The molecule has 1 aromatic heterocycles. The second-order valence-electron chi connectivity index (χ2n) is 5.63. The molecule has 1 aliphatic carbocycles. The van der Waals surface area contributed by atoms with Crippen molar-refractivity contribution in [3.8, 4) is 11.6 Å². The summed E-state index contributed by atoms with van der Waals surface area (Å²) >= 11 is 6.02. The number of rotatable bonds is 5. The Morgan fingerprint density at radius 3 is 2.71 bits per heavy atom. The molecule has 21 heavy (non-hydrogen) atoms. The van der Waals surface area contributed by atoms with Gasteiger partial charge in [-0.3, -0.25) is 0 Å². The Morgan fingerprint density at radius 2 is 2.05 bits per heavy atom. The van der Waals surface area contributed by atoms with Crippen molar-refractivity contribution < 1.29 is 4.74 Å². The van der Waals surface area contributed by atoms with Crippen LogP contribution in [-0.2, 0) is 6.54 Å². The first-order valence-corrected chi connectivity index (χ1v) is 7.62. The summed E-state index contributed by atoms with van der Waals surface area (Å²) in [6, 6.07) is 8.46. The van der Waals surface area contributed by atoms with Crippen LogP contribution >= 0.6 is 11.6 Å². The van der Waals surface area contributed by atoms with E-state index in [9.17, 15) is 0 Å². The highest BCUT2D eigenvalue weighted by atomic mass is 35.5. The van der Waals surface area contributed by atoms with Crippen molar-refractivity contribution in [1.82, 2.24) is 10.3 Å². The maximum atomic E-state index is 6.02. The van der Waals surface area contributed by atoms with Crippen LogP contribution in [0.15, 0.2) is 30.5 Å². The molecule has 1 heterocycles. The molecule has 0 unspecified atom stereocenters. The molecule has 1 N–H and O–H groups in total. The van der Waals surface area contributed by atoms with Gasteiger partial charge in [0.05, 0.1) is 0 Å². The number of nitrogens with zero attached hydrogens (tertiary/aromatic N) is 1. The fourth-order valence-electron chi connectivity index (χ4n) is 2.17. The molecule has 1 fully saturated rings. The first kappa shape index (κ1) is 14.4. The van der Waals surface area contributed by atoms with Gasteiger partial charge in [0.1, 0.15) is 5.75 Å². The number of benzene rings is 1. The normalized spacial score (nSPS) is 14.2. The third-order valence-corrected chi connectivity index (χ3v) is 4.03. The maximum Gasteiger partial charge on any atom is 0.222 e. The molecule has 1 saturated carbocycles. The molecule has 1 aromatic carbocycles. The molecule has 0 aliphatic heterocycles. The Labute approximate surface area is 130 Å². The highest BCUT2D eigenvalue weighted by Gasteiger charge is 2.20. The van der Waals surface area contributed by atoms with Crippen LogP contribution in [0.2, 0.25) is 5.02 Å². The maximum absolute atomic E-state index is 6.02. The van der Waals surface area contributed by atoms with Gasteiger partial charge in [0.25, 0.3) is 0 Å². The van der Waals surface area contributed by atoms with Crippen LogP contribution in [0.3, 0.4) is 0 Å². The van der Waals surface area contributed by atoms with Crippen LogP contribution in [-0.4, -0.2) is 11.0 Å². The van der Waals surface area contributed by atoms with E-state index in [4.69, 9.17) is 16.3 Å². The summed E-state index contributed by atoms with van der Waals surface area (Å²) in [6.07, 6.45) is 4.47. The highest BCUT2D eigenvalue weighted by Crippen LogP contribution is 2.27. The summed E-state index contributed by atoms with van der Waals surface area (Å²) in [5.74, 6) is 1.41. The fraction of sp³-hybridized carbons (Fsp3) is 0.353. The molecule has 0 radical (unpaired) electrons. The minimum Gasteiger partial charge on any atom is -0.439 e. The molecule has 0 amide bonds. The van der Waals surface area contributed by atoms with E-state index in [0.717, 1.165) is 28.4 Å². The van der Waals surface area contributed by atoms with Crippen LogP contribution < -0.4 is 10.1 Å². The molecule has 0 saturated heterocycles. The zero-order chi connectivity index (χ0) is 14.8. The van der Waals surface area contributed by atoms with E-state index < -0.39 is 0 Å². The monoisotopic (exact) mass is 302 g/mol. The first-order valence-electron chi connectivity index (χ1n) is 7.25. The molecule has 4 heteroatoms. The van der Waals surface area contributed by atoms with Crippen molar-refractivity contribution in [3.63, 3.8) is 0 Å². The number of aromatic nitrogens is 1. The molecular weight excluding hydrogens is 284 g/mol. The van der Waals surface area contributed by atoms with Gasteiger partial charge in [-0.1, -0.05) is 11.6 Å². The predicted octanol–water partition coefficient (Wildman–Crippen LogP) is 4.40. The van der Waals surface area contributed by atoms with Crippen molar-refractivity contribution in [1.29, 1.82) is 0 Å². The standard InChI is InChI=1S/C17H19ClN2O/c1-11-8-15(5-6-16(11)18)21-17-12(2)7-13(10-20-17)9-19-14-3-4-14/h5-8,10,14,19H,3-4,9H2,1-2H3. The van der Waals surface area contributed by atoms with Gasteiger partial charge < -0.3 is 10.1 Å². The summed E-state index contributed by atoms with van der Waals surface area (Å²) in [7, 11) is 0. The van der Waals surface area contributed by atoms with Crippen molar-refractivity contribution in [2.45, 2.75) is 39.3 Å². The molecule has 2 aromatic rings. The van der Waals surface area contributed by atoms with Crippen LogP contribution in [0, 0.1) is 13.8 Å². The Balaban J connectivity index is 1.70. The van der Waals surface area contributed by atoms with Crippen LogP contribution in [0.25, 0.3) is 0 Å². The number of ether oxygens (including phenoxy) is 1. The topological polar surface area (TPSA) is 34.1 Å². The average Bonchev–Trinajstić information content (AvgIpc) is 3.27. The second-order valence-corrected chi connectivity index (χ2v) is 6.04. The molecule has 0 spiro atoms. The summed E-state index contributed by atoms with van der Waals surface area (Å²) in [6.45, 7) is 4.85. The number of aryl methyl sites for hydroxylation is 2. The van der Waals surface area contributed by atoms with E-state index in [1.807, 2.05) is 38.2 Å². The Kier molecular flexibility index (Phi) is 4.13. The van der Waals surface area contributed by atoms with Crippen molar-refractivity contribution in [3.05, 3.63) is 52.2 Å². The van der Waals surface area contributed by atoms with Gasteiger partial charge in [-0.25, -0.2) is 4.98 Å². The van der Waals surface area contributed by atoms with Gasteiger partial charge in [-0.15, -0.1) is 0 Å². The van der Waals surface area contributed by atoms with Crippen LogP contribution in [0.4, 0.5) is 0 Å². The van der Waals surface area contributed by atoms with Crippen molar-refractivity contribution in [2.75, 3.05) is 0 Å². The first-order chi connectivity index (χ1) is 10.1. The van der Waals surface area contributed by atoms with Gasteiger partial charge in [0, 0.05) is 29.4 Å². The van der Waals surface area contributed by atoms with Gasteiger partial charge in [0.2, 0.25) is 5.88 Å². The lowest BCUT2D eigenvalue weighted by atomic mass is 10.2. The van der Waals surface area contributed by atoms with Crippen molar-refractivity contribution in [2.24, 2.45) is 0 Å². The van der Waals surface area contributed by atoms with E-state index in [1.54, 1.807) is 0 Å². The molecule has 3 nitrogen and oxygen atoms in total. The van der Waals surface area contributed by atoms with Crippen LogP contribution in [0.1, 0.15) is 29.5 Å². The number of halogens is 1. The zero-order valence-corrected chi connectivity index (χ0v) is 13.1. The molecule has 0 bridgehead atoms. The Bertz CT molecular complexity index is 653. The zero-order valence-electron chi connectivity index (χ0n) is 12.3. The summed E-state index contributed by atoms with van der Waals surface area (Å²) in [5, 5.41) is 4.23. The SMILES string of the molecule is Cc1cc(Oc2ncc(CNC3CC3)cc2C)ccc1Cl. The summed E-state index contributed by atoms with van der Waals surface area (Å²) in [4.78, 5) is 4.43.